The molecule has 2 fully saturated rings. The molecule has 1 amide bonds. The number of rotatable bonds is 6. The Kier molecular flexibility index (Phi) is 3.89. The molecule has 2 aliphatic rings. The van der Waals surface area contributed by atoms with Crippen molar-refractivity contribution in [3.63, 3.8) is 0 Å². The van der Waals surface area contributed by atoms with Crippen molar-refractivity contribution in [2.24, 2.45) is 5.92 Å². The average molecular weight is 308 g/mol. The van der Waals surface area contributed by atoms with E-state index in [0.29, 0.717) is 11.6 Å². The third kappa shape index (κ3) is 3.21. The molecule has 0 aliphatic heterocycles. The number of hydrogen-bond acceptors (Lipinski definition) is 2. The molecule has 3 rings (SSSR count). The monoisotopic (exact) mass is 307 g/mol. The Bertz CT molecular complexity index is 570. The molecule has 112 valence electrons. The molecule has 1 aromatic rings. The van der Waals surface area contributed by atoms with Gasteiger partial charge in [-0.05, 0) is 36.8 Å². The molecule has 0 bridgehead atoms. The summed E-state index contributed by atoms with van der Waals surface area (Å²) < 4.78 is 0. The lowest BCUT2D eigenvalue weighted by molar-refractivity contribution is -0.139. The Morgan fingerprint density at radius 3 is 2.62 bits per heavy atom. The average Bonchev–Trinajstić information content (AvgIpc) is 3.32. The van der Waals surface area contributed by atoms with E-state index in [1.165, 1.54) is 0 Å². The maximum atomic E-state index is 12.6. The fourth-order valence-electron chi connectivity index (χ4n) is 2.88. The van der Waals surface area contributed by atoms with Crippen LogP contribution in [0.5, 0.6) is 0 Å². The van der Waals surface area contributed by atoms with Crippen molar-refractivity contribution in [1.82, 2.24) is 4.90 Å². The predicted molar refractivity (Wildman–Crippen MR) is 79.3 cm³/mol. The molecule has 0 heterocycles. The number of hydrogen-bond donors (Lipinski definition) is 1. The minimum atomic E-state index is -0.855. The van der Waals surface area contributed by atoms with Gasteiger partial charge in [-0.1, -0.05) is 29.8 Å². The Hall–Kier alpha value is -1.55. The molecule has 21 heavy (non-hydrogen) atoms. The summed E-state index contributed by atoms with van der Waals surface area (Å²) in [4.78, 5) is 25.1. The largest absolute Gasteiger partial charge is 0.481 e. The number of carboxylic acids is 1. The minimum Gasteiger partial charge on any atom is -0.481 e. The number of benzene rings is 1. The zero-order chi connectivity index (χ0) is 15.0. The highest BCUT2D eigenvalue weighted by Crippen LogP contribution is 2.51. The van der Waals surface area contributed by atoms with Crippen LogP contribution in [0.15, 0.2) is 24.3 Å². The van der Waals surface area contributed by atoms with Gasteiger partial charge in [0.1, 0.15) is 0 Å². The molecule has 0 unspecified atom stereocenters. The zero-order valence-corrected chi connectivity index (χ0v) is 12.4. The van der Waals surface area contributed by atoms with Gasteiger partial charge in [0, 0.05) is 23.5 Å². The SMILES string of the molecule is O=C(O)CCN(C(=O)[C@@H]1C[C@@H]1c1ccccc1Cl)C1CC1. The van der Waals surface area contributed by atoms with Gasteiger partial charge in [-0.2, -0.15) is 0 Å². The lowest BCUT2D eigenvalue weighted by Crippen LogP contribution is -2.36. The molecule has 1 aromatic carbocycles. The molecule has 0 saturated heterocycles. The van der Waals surface area contributed by atoms with E-state index in [1.54, 1.807) is 4.90 Å². The van der Waals surface area contributed by atoms with Crippen molar-refractivity contribution in [1.29, 1.82) is 0 Å². The second kappa shape index (κ2) is 5.68. The Morgan fingerprint density at radius 1 is 1.29 bits per heavy atom. The van der Waals surface area contributed by atoms with Gasteiger partial charge in [-0.25, -0.2) is 0 Å². The standard InChI is InChI=1S/C16H18ClNO3/c17-14-4-2-1-3-11(14)12-9-13(12)16(21)18(10-5-6-10)8-7-15(19)20/h1-4,10,12-13H,5-9H2,(H,19,20)/t12-,13-/m1/s1. The van der Waals surface area contributed by atoms with E-state index in [-0.39, 0.29) is 30.2 Å². The van der Waals surface area contributed by atoms with Crippen LogP contribution in [-0.4, -0.2) is 34.5 Å². The molecule has 2 atom stereocenters. The number of carbonyl (C=O) groups excluding carboxylic acids is 1. The third-order valence-electron chi connectivity index (χ3n) is 4.25. The highest BCUT2D eigenvalue weighted by atomic mass is 35.5. The number of carboxylic acid groups (broad SMARTS) is 1. The molecule has 4 nitrogen and oxygen atoms in total. The summed E-state index contributed by atoms with van der Waals surface area (Å²) in [6, 6.07) is 7.89. The summed E-state index contributed by atoms with van der Waals surface area (Å²) in [6.45, 7) is 0.324. The van der Waals surface area contributed by atoms with E-state index in [0.717, 1.165) is 24.8 Å². The summed E-state index contributed by atoms with van der Waals surface area (Å²) in [7, 11) is 0. The van der Waals surface area contributed by atoms with Crippen LogP contribution in [0.2, 0.25) is 5.02 Å². The second-order valence-electron chi connectivity index (χ2n) is 5.88. The van der Waals surface area contributed by atoms with Crippen LogP contribution in [0.25, 0.3) is 0 Å². The molecular weight excluding hydrogens is 290 g/mol. The van der Waals surface area contributed by atoms with Crippen molar-refractivity contribution in [3.8, 4) is 0 Å². The maximum Gasteiger partial charge on any atom is 0.305 e. The van der Waals surface area contributed by atoms with Gasteiger partial charge >= 0.3 is 5.97 Å². The van der Waals surface area contributed by atoms with Gasteiger partial charge in [0.2, 0.25) is 5.91 Å². The van der Waals surface area contributed by atoms with Crippen LogP contribution in [-0.2, 0) is 9.59 Å². The first-order chi connectivity index (χ1) is 10.1. The number of carbonyl (C=O) groups is 2. The summed E-state index contributed by atoms with van der Waals surface area (Å²) in [5.41, 5.74) is 1.03. The normalized spacial score (nSPS) is 23.7. The fourth-order valence-corrected chi connectivity index (χ4v) is 3.15. The second-order valence-corrected chi connectivity index (χ2v) is 6.28. The van der Waals surface area contributed by atoms with Crippen LogP contribution in [0, 0.1) is 5.92 Å². The minimum absolute atomic E-state index is 0.0196. The lowest BCUT2D eigenvalue weighted by Gasteiger charge is -2.22. The topological polar surface area (TPSA) is 57.6 Å². The van der Waals surface area contributed by atoms with E-state index in [4.69, 9.17) is 16.7 Å². The van der Waals surface area contributed by atoms with Gasteiger partial charge < -0.3 is 10.0 Å². The Balaban J connectivity index is 1.65. The van der Waals surface area contributed by atoms with Gasteiger partial charge in [-0.3, -0.25) is 9.59 Å². The Labute approximate surface area is 128 Å². The molecule has 0 radical (unpaired) electrons. The van der Waals surface area contributed by atoms with E-state index < -0.39 is 5.97 Å². The smallest absolute Gasteiger partial charge is 0.305 e. The first kappa shape index (κ1) is 14.4. The molecule has 2 saturated carbocycles. The summed E-state index contributed by atoms with van der Waals surface area (Å²) in [5.74, 6) is -0.591. The fraction of sp³-hybridized carbons (Fsp3) is 0.500. The molecule has 1 N–H and O–H groups in total. The van der Waals surface area contributed by atoms with E-state index in [1.807, 2.05) is 24.3 Å². The summed E-state index contributed by atoms with van der Waals surface area (Å²) >= 11 is 6.18. The highest BCUT2D eigenvalue weighted by Gasteiger charge is 2.48. The predicted octanol–water partition coefficient (Wildman–Crippen LogP) is 2.91. The molecular formula is C16H18ClNO3. The van der Waals surface area contributed by atoms with E-state index >= 15 is 0 Å². The quantitative estimate of drug-likeness (QED) is 0.879. The molecule has 2 aliphatic carbocycles. The molecule has 0 aromatic heterocycles. The summed E-state index contributed by atoms with van der Waals surface area (Å²) in [6.07, 6.45) is 2.83. The first-order valence-electron chi connectivity index (χ1n) is 7.34. The van der Waals surface area contributed by atoms with Crippen LogP contribution in [0.3, 0.4) is 0 Å². The van der Waals surface area contributed by atoms with Gasteiger partial charge in [0.25, 0.3) is 0 Å². The van der Waals surface area contributed by atoms with Gasteiger partial charge in [-0.15, -0.1) is 0 Å². The van der Waals surface area contributed by atoms with Gasteiger partial charge in [0.15, 0.2) is 0 Å². The lowest BCUT2D eigenvalue weighted by atomic mass is 10.1. The van der Waals surface area contributed by atoms with Crippen molar-refractivity contribution in [3.05, 3.63) is 34.9 Å². The van der Waals surface area contributed by atoms with Crippen LogP contribution in [0.1, 0.15) is 37.2 Å². The van der Waals surface area contributed by atoms with Crippen LogP contribution >= 0.6 is 11.6 Å². The number of nitrogens with zero attached hydrogens (tertiary/aromatic N) is 1. The highest BCUT2D eigenvalue weighted by molar-refractivity contribution is 6.31. The van der Waals surface area contributed by atoms with Gasteiger partial charge in [0.05, 0.1) is 6.42 Å². The maximum absolute atomic E-state index is 12.6. The van der Waals surface area contributed by atoms with Crippen LogP contribution < -0.4 is 0 Å². The molecule has 0 spiro atoms. The van der Waals surface area contributed by atoms with Crippen LogP contribution in [0.4, 0.5) is 0 Å². The molecule has 5 heteroatoms. The summed E-state index contributed by atoms with van der Waals surface area (Å²) in [5, 5.41) is 9.52. The first-order valence-corrected chi connectivity index (χ1v) is 7.72. The van der Waals surface area contributed by atoms with E-state index in [9.17, 15) is 9.59 Å². The third-order valence-corrected chi connectivity index (χ3v) is 4.59. The van der Waals surface area contributed by atoms with E-state index in [2.05, 4.69) is 0 Å². The van der Waals surface area contributed by atoms with Crippen molar-refractivity contribution in [2.45, 2.75) is 37.6 Å². The Morgan fingerprint density at radius 2 is 2.00 bits per heavy atom. The number of aliphatic carboxylic acids is 1. The van der Waals surface area contributed by atoms with Crippen molar-refractivity contribution < 1.29 is 14.7 Å². The van der Waals surface area contributed by atoms with Crippen molar-refractivity contribution in [2.75, 3.05) is 6.54 Å². The number of amides is 1. The van der Waals surface area contributed by atoms with Crippen molar-refractivity contribution >= 4 is 23.5 Å². The number of halogens is 1. The zero-order valence-electron chi connectivity index (χ0n) is 11.7.